The predicted molar refractivity (Wildman–Crippen MR) is 35.4 cm³/mol. The van der Waals surface area contributed by atoms with E-state index in [2.05, 4.69) is 12.2 Å². The average molecular weight is 136 g/mol. The second-order valence-corrected chi connectivity index (χ2v) is 3.19. The van der Waals surface area contributed by atoms with Gasteiger partial charge in [0.1, 0.15) is 0 Å². The van der Waals surface area contributed by atoms with Gasteiger partial charge < -0.3 is 0 Å². The first kappa shape index (κ1) is 5.83. The Hall–Kier alpha value is -0.920. The Kier molecular flexibility index (Phi) is 0.914. The standard InChI is InChI=1S/C8H8O2/c9-5-7(10)6-3-8(4-6)1-2-8/h1-2,5-6H,3-4H2. The molecule has 2 nitrogen and oxygen atoms in total. The summed E-state index contributed by atoms with van der Waals surface area (Å²) < 4.78 is 0. The summed E-state index contributed by atoms with van der Waals surface area (Å²) in [6.07, 6.45) is 6.43. The molecule has 2 aliphatic carbocycles. The topological polar surface area (TPSA) is 34.1 Å². The Morgan fingerprint density at radius 2 is 2.10 bits per heavy atom. The molecular weight excluding hydrogens is 128 g/mol. The van der Waals surface area contributed by atoms with E-state index in [1.165, 1.54) is 0 Å². The number of aldehydes is 1. The van der Waals surface area contributed by atoms with Crippen LogP contribution in [0.1, 0.15) is 12.8 Å². The third-order valence-electron chi connectivity index (χ3n) is 2.41. The summed E-state index contributed by atoms with van der Waals surface area (Å²) in [6.45, 7) is 0. The predicted octanol–water partition coefficient (Wildman–Crippen LogP) is 0.721. The van der Waals surface area contributed by atoms with E-state index in [-0.39, 0.29) is 11.7 Å². The van der Waals surface area contributed by atoms with Gasteiger partial charge in [-0.3, -0.25) is 9.59 Å². The quantitative estimate of drug-likeness (QED) is 0.318. The highest BCUT2D eigenvalue weighted by Crippen LogP contribution is 2.56. The molecule has 0 unspecified atom stereocenters. The van der Waals surface area contributed by atoms with Crippen LogP contribution in [0.3, 0.4) is 0 Å². The van der Waals surface area contributed by atoms with Gasteiger partial charge in [-0.25, -0.2) is 0 Å². The van der Waals surface area contributed by atoms with Crippen molar-refractivity contribution in [2.45, 2.75) is 12.8 Å². The van der Waals surface area contributed by atoms with Gasteiger partial charge in [0.05, 0.1) is 0 Å². The molecule has 0 saturated heterocycles. The molecule has 2 rings (SSSR count). The van der Waals surface area contributed by atoms with Crippen molar-refractivity contribution in [3.05, 3.63) is 12.2 Å². The summed E-state index contributed by atoms with van der Waals surface area (Å²) in [5.74, 6) is -0.188. The van der Waals surface area contributed by atoms with Gasteiger partial charge in [0, 0.05) is 11.3 Å². The van der Waals surface area contributed by atoms with Gasteiger partial charge in [0.25, 0.3) is 0 Å². The van der Waals surface area contributed by atoms with Gasteiger partial charge in [-0.15, -0.1) is 0 Å². The van der Waals surface area contributed by atoms with Crippen molar-refractivity contribution in [1.82, 2.24) is 0 Å². The lowest BCUT2D eigenvalue weighted by atomic mass is 9.69. The first-order chi connectivity index (χ1) is 4.76. The molecule has 2 heteroatoms. The van der Waals surface area contributed by atoms with E-state index in [4.69, 9.17) is 0 Å². The fourth-order valence-electron chi connectivity index (χ4n) is 1.55. The first-order valence-electron chi connectivity index (χ1n) is 3.45. The Morgan fingerprint density at radius 1 is 1.50 bits per heavy atom. The minimum Gasteiger partial charge on any atom is -0.295 e. The van der Waals surface area contributed by atoms with Crippen LogP contribution in [-0.4, -0.2) is 12.1 Å². The van der Waals surface area contributed by atoms with E-state index in [0.717, 1.165) is 12.8 Å². The maximum atomic E-state index is 10.7. The van der Waals surface area contributed by atoms with Crippen LogP contribution in [0.15, 0.2) is 12.2 Å². The smallest absolute Gasteiger partial charge is 0.198 e. The molecule has 0 aromatic heterocycles. The number of hydrogen-bond donors (Lipinski definition) is 0. The number of allylic oxidation sites excluding steroid dienone is 2. The van der Waals surface area contributed by atoms with Crippen molar-refractivity contribution in [2.75, 3.05) is 0 Å². The lowest BCUT2D eigenvalue weighted by Gasteiger charge is -2.33. The van der Waals surface area contributed by atoms with E-state index in [1.807, 2.05) is 0 Å². The van der Waals surface area contributed by atoms with E-state index in [0.29, 0.717) is 11.7 Å². The summed E-state index contributed by atoms with van der Waals surface area (Å²) in [6, 6.07) is 0. The Morgan fingerprint density at radius 3 is 2.50 bits per heavy atom. The zero-order valence-corrected chi connectivity index (χ0v) is 5.54. The molecule has 1 spiro atoms. The molecule has 1 saturated carbocycles. The second-order valence-electron chi connectivity index (χ2n) is 3.19. The van der Waals surface area contributed by atoms with Gasteiger partial charge in [0.2, 0.25) is 0 Å². The number of hydrogen-bond acceptors (Lipinski definition) is 2. The number of Topliss-reactive ketones (excluding diaryl/α,β-unsaturated/α-hetero) is 1. The second kappa shape index (κ2) is 1.57. The maximum absolute atomic E-state index is 10.7. The molecule has 0 aromatic rings. The van der Waals surface area contributed by atoms with Crippen LogP contribution in [0.5, 0.6) is 0 Å². The molecule has 1 fully saturated rings. The summed E-state index contributed by atoms with van der Waals surface area (Å²) in [5.41, 5.74) is 0.295. The van der Waals surface area contributed by atoms with Gasteiger partial charge in [-0.2, -0.15) is 0 Å². The summed E-state index contributed by atoms with van der Waals surface area (Å²) >= 11 is 0. The molecule has 0 aromatic carbocycles. The van der Waals surface area contributed by atoms with Crippen LogP contribution in [0.2, 0.25) is 0 Å². The van der Waals surface area contributed by atoms with Crippen molar-refractivity contribution < 1.29 is 9.59 Å². The molecule has 0 aliphatic heterocycles. The number of carbonyl (C=O) groups excluding carboxylic acids is 2. The van der Waals surface area contributed by atoms with Gasteiger partial charge in [0.15, 0.2) is 12.1 Å². The molecule has 10 heavy (non-hydrogen) atoms. The van der Waals surface area contributed by atoms with E-state index in [1.54, 1.807) is 0 Å². The summed E-state index contributed by atoms with van der Waals surface area (Å²) in [7, 11) is 0. The van der Waals surface area contributed by atoms with Crippen molar-refractivity contribution in [1.29, 1.82) is 0 Å². The minimum absolute atomic E-state index is 0.0347. The molecule has 52 valence electrons. The molecule has 0 N–H and O–H groups in total. The summed E-state index contributed by atoms with van der Waals surface area (Å²) in [5, 5.41) is 0. The van der Waals surface area contributed by atoms with Crippen LogP contribution >= 0.6 is 0 Å². The van der Waals surface area contributed by atoms with Crippen LogP contribution < -0.4 is 0 Å². The first-order valence-corrected chi connectivity index (χ1v) is 3.45. The van der Waals surface area contributed by atoms with Crippen LogP contribution in [0.4, 0.5) is 0 Å². The molecule has 0 radical (unpaired) electrons. The fourth-order valence-corrected chi connectivity index (χ4v) is 1.55. The number of ketones is 1. The molecule has 0 bridgehead atoms. The van der Waals surface area contributed by atoms with Gasteiger partial charge >= 0.3 is 0 Å². The zero-order chi connectivity index (χ0) is 7.19. The van der Waals surface area contributed by atoms with E-state index < -0.39 is 0 Å². The Balaban J connectivity index is 1.90. The van der Waals surface area contributed by atoms with Crippen LogP contribution in [-0.2, 0) is 9.59 Å². The largest absolute Gasteiger partial charge is 0.295 e. The van der Waals surface area contributed by atoms with Crippen molar-refractivity contribution >= 4 is 12.1 Å². The molecule has 0 atom stereocenters. The van der Waals surface area contributed by atoms with Crippen molar-refractivity contribution in [2.24, 2.45) is 11.3 Å². The SMILES string of the molecule is O=CC(=O)C1CC2(C=C2)C1. The van der Waals surface area contributed by atoms with E-state index >= 15 is 0 Å². The van der Waals surface area contributed by atoms with Gasteiger partial charge in [-0.1, -0.05) is 12.2 Å². The molecular formula is C8H8O2. The Bertz CT molecular complexity index is 213. The van der Waals surface area contributed by atoms with Crippen molar-refractivity contribution in [3.63, 3.8) is 0 Å². The lowest BCUT2D eigenvalue weighted by molar-refractivity contribution is -0.135. The third kappa shape index (κ3) is 0.649. The highest BCUT2D eigenvalue weighted by atomic mass is 16.2. The Labute approximate surface area is 58.9 Å². The van der Waals surface area contributed by atoms with Crippen LogP contribution in [0.25, 0.3) is 0 Å². The fraction of sp³-hybridized carbons (Fsp3) is 0.500. The average Bonchev–Trinajstić information content (AvgIpc) is 2.61. The normalized spacial score (nSPS) is 26.0. The highest BCUT2D eigenvalue weighted by Gasteiger charge is 2.49. The molecule has 0 heterocycles. The summed E-state index contributed by atoms with van der Waals surface area (Å²) in [4.78, 5) is 20.7. The maximum Gasteiger partial charge on any atom is 0.198 e. The van der Waals surface area contributed by atoms with Crippen LogP contribution in [0, 0.1) is 11.3 Å². The number of rotatable bonds is 2. The van der Waals surface area contributed by atoms with Crippen molar-refractivity contribution in [3.8, 4) is 0 Å². The minimum atomic E-state index is -0.223. The lowest BCUT2D eigenvalue weighted by Crippen LogP contribution is -2.33. The molecule has 0 amide bonds. The van der Waals surface area contributed by atoms with E-state index in [9.17, 15) is 9.59 Å². The third-order valence-corrected chi connectivity index (χ3v) is 2.41. The zero-order valence-electron chi connectivity index (χ0n) is 5.54. The number of carbonyl (C=O) groups is 2. The monoisotopic (exact) mass is 136 g/mol. The van der Waals surface area contributed by atoms with Gasteiger partial charge in [-0.05, 0) is 12.8 Å². The highest BCUT2D eigenvalue weighted by molar-refractivity contribution is 6.26. The molecule has 2 aliphatic rings.